The molecule has 2 atom stereocenters. The van der Waals surface area contributed by atoms with Crippen LogP contribution < -0.4 is 10.6 Å². The molecule has 5 rings (SSSR count). The van der Waals surface area contributed by atoms with Crippen molar-refractivity contribution in [3.8, 4) is 0 Å². The second-order valence-electron chi connectivity index (χ2n) is 10.8. The normalized spacial score (nSPS) is 20.6. The van der Waals surface area contributed by atoms with Gasteiger partial charge in [0.15, 0.2) is 0 Å². The summed E-state index contributed by atoms with van der Waals surface area (Å²) in [7, 11) is 0. The first-order valence-corrected chi connectivity index (χ1v) is 13.3. The van der Waals surface area contributed by atoms with Crippen LogP contribution >= 0.6 is 0 Å². The van der Waals surface area contributed by atoms with Crippen molar-refractivity contribution in [3.05, 3.63) is 101 Å². The van der Waals surface area contributed by atoms with E-state index in [1.54, 1.807) is 6.92 Å². The molecule has 6 heteroatoms. The Balaban J connectivity index is 1.22. The number of benzene rings is 3. The summed E-state index contributed by atoms with van der Waals surface area (Å²) in [6.45, 7) is 3.62. The fourth-order valence-corrected chi connectivity index (χ4v) is 5.77. The molecular formula is C31H36FN3O2. The average molecular weight is 502 g/mol. The lowest BCUT2D eigenvalue weighted by molar-refractivity contribution is 0.102. The zero-order chi connectivity index (χ0) is 25.9. The Morgan fingerprint density at radius 3 is 2.46 bits per heavy atom. The number of hydrogen-bond donors (Lipinski definition) is 3. The highest BCUT2D eigenvalue weighted by molar-refractivity contribution is 5.90. The van der Waals surface area contributed by atoms with Gasteiger partial charge in [0, 0.05) is 18.3 Å². The first-order valence-electron chi connectivity index (χ1n) is 13.3. The van der Waals surface area contributed by atoms with Crippen LogP contribution in [0.15, 0.2) is 78.9 Å². The quantitative estimate of drug-likeness (QED) is 0.364. The lowest BCUT2D eigenvalue weighted by Crippen LogP contribution is -2.61. The van der Waals surface area contributed by atoms with E-state index in [0.717, 1.165) is 68.3 Å². The number of anilines is 1. The smallest absolute Gasteiger partial charge is 0.319 e. The standard InChI is InChI=1S/C31H36FN3O2/c1-30(37,24-8-3-2-4-9-24)25-10-5-11-27(21-25)33-29(36)34-31(17-7-18-31)22-35-19-6-12-28(35)20-23-13-15-26(32)16-14-23/h2-5,8-11,13-16,21,28,37H,6-7,12,17-20,22H2,1H3,(H2,33,34,36). The van der Waals surface area contributed by atoms with Gasteiger partial charge in [0.1, 0.15) is 11.4 Å². The summed E-state index contributed by atoms with van der Waals surface area (Å²) in [6, 6.07) is 23.9. The zero-order valence-electron chi connectivity index (χ0n) is 21.4. The molecule has 0 aromatic heterocycles. The molecule has 2 amide bonds. The molecule has 1 aliphatic carbocycles. The predicted molar refractivity (Wildman–Crippen MR) is 145 cm³/mol. The monoisotopic (exact) mass is 501 g/mol. The highest BCUT2D eigenvalue weighted by Gasteiger charge is 2.42. The molecule has 37 heavy (non-hydrogen) atoms. The summed E-state index contributed by atoms with van der Waals surface area (Å²) in [5.74, 6) is -0.204. The highest BCUT2D eigenvalue weighted by atomic mass is 19.1. The average Bonchev–Trinajstić information content (AvgIpc) is 3.31. The number of urea groups is 1. The van der Waals surface area contributed by atoms with Crippen LogP contribution in [-0.2, 0) is 12.0 Å². The van der Waals surface area contributed by atoms with Gasteiger partial charge in [-0.1, -0.05) is 54.6 Å². The van der Waals surface area contributed by atoms with E-state index in [2.05, 4.69) is 15.5 Å². The van der Waals surface area contributed by atoms with Crippen LogP contribution in [0.3, 0.4) is 0 Å². The number of carbonyl (C=O) groups excluding carboxylic acids is 1. The SMILES string of the molecule is CC(O)(c1ccccc1)c1cccc(NC(=O)NC2(CN3CCCC3Cc3ccc(F)cc3)CCC2)c1. The van der Waals surface area contributed by atoms with Gasteiger partial charge < -0.3 is 15.7 Å². The molecule has 3 aromatic carbocycles. The third kappa shape index (κ3) is 5.86. The van der Waals surface area contributed by atoms with Crippen LogP contribution in [0.4, 0.5) is 14.9 Å². The van der Waals surface area contributed by atoms with Crippen LogP contribution in [-0.4, -0.2) is 40.7 Å². The van der Waals surface area contributed by atoms with Gasteiger partial charge in [-0.25, -0.2) is 9.18 Å². The first kappa shape index (κ1) is 25.4. The van der Waals surface area contributed by atoms with E-state index < -0.39 is 5.60 Å². The van der Waals surface area contributed by atoms with Gasteiger partial charge >= 0.3 is 6.03 Å². The minimum Gasteiger partial charge on any atom is -0.381 e. The maximum atomic E-state index is 13.3. The van der Waals surface area contributed by atoms with Crippen molar-refractivity contribution < 1.29 is 14.3 Å². The van der Waals surface area contributed by atoms with Crippen molar-refractivity contribution in [1.29, 1.82) is 0 Å². The number of rotatable bonds is 8. The Labute approximate surface area is 218 Å². The molecule has 0 radical (unpaired) electrons. The second-order valence-corrected chi connectivity index (χ2v) is 10.8. The summed E-state index contributed by atoms with van der Waals surface area (Å²) in [4.78, 5) is 15.6. The van der Waals surface area contributed by atoms with Crippen molar-refractivity contribution in [2.75, 3.05) is 18.4 Å². The fourth-order valence-electron chi connectivity index (χ4n) is 5.77. The molecule has 0 spiro atoms. The Bertz CT molecular complexity index is 1210. The van der Waals surface area contributed by atoms with Gasteiger partial charge in [-0.3, -0.25) is 4.90 Å². The van der Waals surface area contributed by atoms with E-state index in [9.17, 15) is 14.3 Å². The lowest BCUT2D eigenvalue weighted by Gasteiger charge is -2.46. The van der Waals surface area contributed by atoms with Crippen LogP contribution in [0, 0.1) is 5.82 Å². The van der Waals surface area contributed by atoms with E-state index in [0.29, 0.717) is 11.7 Å². The molecule has 3 N–H and O–H groups in total. The van der Waals surface area contributed by atoms with Gasteiger partial charge in [-0.15, -0.1) is 0 Å². The van der Waals surface area contributed by atoms with Gasteiger partial charge in [-0.2, -0.15) is 0 Å². The molecule has 1 saturated carbocycles. The number of likely N-dealkylation sites (tertiary alicyclic amines) is 1. The third-order valence-electron chi connectivity index (χ3n) is 8.10. The number of amides is 2. The summed E-state index contributed by atoms with van der Waals surface area (Å²) in [5, 5.41) is 17.5. The van der Waals surface area contributed by atoms with Gasteiger partial charge in [0.2, 0.25) is 0 Å². The van der Waals surface area contributed by atoms with Crippen LogP contribution in [0.2, 0.25) is 0 Å². The summed E-state index contributed by atoms with van der Waals surface area (Å²) < 4.78 is 13.3. The number of nitrogens with zero attached hydrogens (tertiary/aromatic N) is 1. The molecule has 2 unspecified atom stereocenters. The maximum Gasteiger partial charge on any atom is 0.319 e. The van der Waals surface area contributed by atoms with E-state index in [1.807, 2.05) is 66.7 Å². The maximum absolute atomic E-state index is 13.3. The van der Waals surface area contributed by atoms with Gasteiger partial charge in [0.25, 0.3) is 0 Å². The van der Waals surface area contributed by atoms with Crippen LogP contribution in [0.25, 0.3) is 0 Å². The van der Waals surface area contributed by atoms with Gasteiger partial charge in [0.05, 0.1) is 5.54 Å². The molecular weight excluding hydrogens is 465 g/mol. The van der Waals surface area contributed by atoms with Crippen LogP contribution in [0.5, 0.6) is 0 Å². The summed E-state index contributed by atoms with van der Waals surface area (Å²) in [6.07, 6.45) is 6.19. The van der Waals surface area contributed by atoms with Crippen LogP contribution in [0.1, 0.15) is 55.7 Å². The third-order valence-corrected chi connectivity index (χ3v) is 8.10. The van der Waals surface area contributed by atoms with E-state index in [4.69, 9.17) is 0 Å². The van der Waals surface area contributed by atoms with Gasteiger partial charge in [-0.05, 0) is 92.9 Å². The van der Waals surface area contributed by atoms with E-state index in [1.165, 1.54) is 12.1 Å². The predicted octanol–water partition coefficient (Wildman–Crippen LogP) is 5.83. The topological polar surface area (TPSA) is 64.6 Å². The fraction of sp³-hybridized carbons (Fsp3) is 0.387. The van der Waals surface area contributed by atoms with E-state index >= 15 is 0 Å². The van der Waals surface area contributed by atoms with Crippen molar-refractivity contribution in [2.24, 2.45) is 0 Å². The Kier molecular flexibility index (Phi) is 7.31. The minimum absolute atomic E-state index is 0.204. The molecule has 2 aliphatic rings. The number of aliphatic hydroxyl groups is 1. The Morgan fingerprint density at radius 2 is 1.76 bits per heavy atom. The largest absolute Gasteiger partial charge is 0.381 e. The minimum atomic E-state index is -1.17. The molecule has 3 aromatic rings. The summed E-state index contributed by atoms with van der Waals surface area (Å²) >= 11 is 0. The van der Waals surface area contributed by atoms with E-state index in [-0.39, 0.29) is 17.4 Å². The van der Waals surface area contributed by atoms with Crippen molar-refractivity contribution in [1.82, 2.24) is 10.2 Å². The number of nitrogens with one attached hydrogen (secondary N) is 2. The summed E-state index contributed by atoms with van der Waals surface area (Å²) in [5.41, 5.74) is 1.91. The second kappa shape index (κ2) is 10.6. The molecule has 0 bridgehead atoms. The first-order chi connectivity index (χ1) is 17.8. The molecule has 194 valence electrons. The Hall–Kier alpha value is -3.22. The number of carbonyl (C=O) groups is 1. The van der Waals surface area contributed by atoms with Crippen molar-refractivity contribution in [3.63, 3.8) is 0 Å². The molecule has 5 nitrogen and oxygen atoms in total. The van der Waals surface area contributed by atoms with Crippen molar-refractivity contribution in [2.45, 2.75) is 62.6 Å². The molecule has 1 heterocycles. The lowest BCUT2D eigenvalue weighted by atomic mass is 9.76. The highest BCUT2D eigenvalue weighted by Crippen LogP contribution is 2.36. The molecule has 1 saturated heterocycles. The Morgan fingerprint density at radius 1 is 1.03 bits per heavy atom. The number of halogens is 1. The van der Waals surface area contributed by atoms with Crippen molar-refractivity contribution >= 4 is 11.7 Å². The molecule has 1 aliphatic heterocycles. The molecule has 2 fully saturated rings. The zero-order valence-corrected chi connectivity index (χ0v) is 21.4. The number of hydrogen-bond acceptors (Lipinski definition) is 3.